The number of nitrogens with one attached hydrogen (secondary N) is 1. The van der Waals surface area contributed by atoms with E-state index in [9.17, 15) is 9.59 Å². The van der Waals surface area contributed by atoms with Crippen molar-refractivity contribution in [1.82, 2.24) is 24.9 Å². The molecule has 0 saturated carbocycles. The van der Waals surface area contributed by atoms with Gasteiger partial charge in [-0.2, -0.15) is 0 Å². The van der Waals surface area contributed by atoms with Crippen LogP contribution < -0.4 is 5.32 Å². The fourth-order valence-corrected chi connectivity index (χ4v) is 4.94. The van der Waals surface area contributed by atoms with Crippen molar-refractivity contribution in [3.63, 3.8) is 0 Å². The number of piperazine rings is 1. The highest BCUT2D eigenvalue weighted by atomic mass is 35.5. The monoisotopic (exact) mass is 480 g/mol. The highest BCUT2D eigenvalue weighted by Gasteiger charge is 2.49. The predicted octanol–water partition coefficient (Wildman–Crippen LogP) is 2.71. The van der Waals surface area contributed by atoms with Crippen molar-refractivity contribution in [1.29, 1.82) is 0 Å². The van der Waals surface area contributed by atoms with Crippen molar-refractivity contribution >= 4 is 41.1 Å². The number of hydrogen-bond acceptors (Lipinski definition) is 6. The van der Waals surface area contributed by atoms with E-state index in [2.05, 4.69) is 33.9 Å². The van der Waals surface area contributed by atoms with Gasteiger partial charge in [-0.25, -0.2) is 9.79 Å². The van der Waals surface area contributed by atoms with Crippen LogP contribution in [0.2, 0.25) is 10.0 Å². The number of halogens is 2. The summed E-state index contributed by atoms with van der Waals surface area (Å²) < 4.78 is 0. The molecule has 0 bridgehead atoms. The molecule has 10 heteroatoms. The van der Waals surface area contributed by atoms with Crippen LogP contribution in [0.1, 0.15) is 25.8 Å². The molecule has 174 valence electrons. The number of amides is 3. The van der Waals surface area contributed by atoms with Crippen LogP contribution in [0.15, 0.2) is 23.2 Å². The molecule has 1 aromatic rings. The SMILES string of the molecule is CC(C)CCN1C(N2CCN(Cc3c(Cl)cccc3Cl)CC2)=NC2C1C(=O)NC(=O)N2C. The first-order chi connectivity index (χ1) is 15.3. The van der Waals surface area contributed by atoms with E-state index in [0.29, 0.717) is 22.5 Å². The van der Waals surface area contributed by atoms with Gasteiger partial charge in [-0.15, -0.1) is 0 Å². The summed E-state index contributed by atoms with van der Waals surface area (Å²) in [7, 11) is 1.69. The lowest BCUT2D eigenvalue weighted by molar-refractivity contribution is -0.127. The molecule has 0 spiro atoms. The summed E-state index contributed by atoms with van der Waals surface area (Å²) in [6.45, 7) is 8.96. The van der Waals surface area contributed by atoms with Crippen molar-refractivity contribution in [3.05, 3.63) is 33.8 Å². The molecule has 8 nitrogen and oxygen atoms in total. The van der Waals surface area contributed by atoms with Gasteiger partial charge in [-0.1, -0.05) is 43.1 Å². The molecule has 1 N–H and O–H groups in total. The van der Waals surface area contributed by atoms with E-state index in [-0.39, 0.29) is 5.91 Å². The number of imide groups is 1. The van der Waals surface area contributed by atoms with Crippen molar-refractivity contribution in [2.75, 3.05) is 39.8 Å². The van der Waals surface area contributed by atoms with Crippen LogP contribution >= 0.6 is 23.2 Å². The minimum atomic E-state index is -0.488. The Morgan fingerprint density at radius 2 is 1.78 bits per heavy atom. The van der Waals surface area contributed by atoms with Gasteiger partial charge in [-0.3, -0.25) is 15.0 Å². The second kappa shape index (κ2) is 9.45. The predicted molar refractivity (Wildman–Crippen MR) is 126 cm³/mol. The van der Waals surface area contributed by atoms with Crippen LogP contribution in [0, 0.1) is 5.92 Å². The molecule has 0 radical (unpaired) electrons. The Morgan fingerprint density at radius 3 is 2.41 bits per heavy atom. The number of aliphatic imine (C=N–C) groups is 1. The van der Waals surface area contributed by atoms with Gasteiger partial charge >= 0.3 is 6.03 Å². The van der Waals surface area contributed by atoms with E-state index in [1.165, 1.54) is 4.90 Å². The number of likely N-dealkylation sites (N-methyl/N-ethyl adjacent to an activating group) is 1. The largest absolute Gasteiger partial charge is 0.340 e. The summed E-state index contributed by atoms with van der Waals surface area (Å²) in [5.74, 6) is 1.04. The standard InChI is InChI=1S/C22H30Cl2N6O2/c1-14(2)7-8-30-18-19(27(3)22(32)26-20(18)31)25-21(30)29-11-9-28(10-12-29)13-15-16(23)5-4-6-17(15)24/h4-6,14,18-19H,7-13H2,1-3H3,(H,26,31,32). The van der Waals surface area contributed by atoms with Crippen LogP contribution in [0.5, 0.6) is 0 Å². The third-order valence-corrected chi connectivity index (χ3v) is 7.09. The van der Waals surface area contributed by atoms with Gasteiger partial charge in [0.05, 0.1) is 0 Å². The molecule has 4 rings (SSSR count). The molecule has 2 unspecified atom stereocenters. The molecular weight excluding hydrogens is 451 g/mol. The fraction of sp³-hybridized carbons (Fsp3) is 0.591. The average Bonchev–Trinajstić information content (AvgIpc) is 3.14. The maximum absolute atomic E-state index is 12.7. The molecule has 3 aliphatic heterocycles. The number of hydrogen-bond donors (Lipinski definition) is 1. The Bertz CT molecular complexity index is 895. The number of fused-ring (bicyclic) bond motifs is 1. The average molecular weight is 481 g/mol. The zero-order valence-corrected chi connectivity index (χ0v) is 20.2. The van der Waals surface area contributed by atoms with Crippen molar-refractivity contribution in [3.8, 4) is 0 Å². The number of rotatable bonds is 5. The van der Waals surface area contributed by atoms with Crippen molar-refractivity contribution < 1.29 is 9.59 Å². The summed E-state index contributed by atoms with van der Waals surface area (Å²) in [6.07, 6.45) is 0.455. The second-order valence-corrected chi connectivity index (χ2v) is 9.85. The van der Waals surface area contributed by atoms with E-state index in [0.717, 1.165) is 50.7 Å². The lowest BCUT2D eigenvalue weighted by Crippen LogP contribution is -2.64. The van der Waals surface area contributed by atoms with E-state index in [1.807, 2.05) is 18.2 Å². The smallest absolute Gasteiger partial charge is 0.325 e. The zero-order valence-electron chi connectivity index (χ0n) is 18.7. The lowest BCUT2D eigenvalue weighted by atomic mass is 10.1. The molecule has 0 aliphatic carbocycles. The number of nitrogens with zero attached hydrogens (tertiary/aromatic N) is 5. The maximum Gasteiger partial charge on any atom is 0.325 e. The first-order valence-electron chi connectivity index (χ1n) is 11.1. The summed E-state index contributed by atoms with van der Waals surface area (Å²) in [4.78, 5) is 37.9. The summed E-state index contributed by atoms with van der Waals surface area (Å²) in [5.41, 5.74) is 0.948. The molecule has 3 aliphatic rings. The van der Waals surface area contributed by atoms with Crippen LogP contribution in [0.25, 0.3) is 0 Å². The number of benzene rings is 1. The highest BCUT2D eigenvalue weighted by molar-refractivity contribution is 6.35. The summed E-state index contributed by atoms with van der Waals surface area (Å²) >= 11 is 12.7. The number of urea groups is 1. The topological polar surface area (TPSA) is 71.5 Å². The van der Waals surface area contributed by atoms with Crippen molar-refractivity contribution in [2.45, 2.75) is 39.0 Å². The van der Waals surface area contributed by atoms with Crippen LogP contribution in [-0.2, 0) is 11.3 Å². The minimum Gasteiger partial charge on any atom is -0.340 e. The fourth-order valence-electron chi connectivity index (χ4n) is 4.42. The molecule has 2 atom stereocenters. The lowest BCUT2D eigenvalue weighted by Gasteiger charge is -2.40. The molecule has 0 aromatic heterocycles. The Balaban J connectivity index is 1.48. The third-order valence-electron chi connectivity index (χ3n) is 6.38. The number of carbonyl (C=O) groups is 2. The molecule has 2 fully saturated rings. The van der Waals surface area contributed by atoms with E-state index in [1.54, 1.807) is 7.05 Å². The minimum absolute atomic E-state index is 0.271. The molecule has 1 aromatic carbocycles. The normalized spacial score (nSPS) is 24.2. The van der Waals surface area contributed by atoms with Crippen LogP contribution in [0.4, 0.5) is 4.79 Å². The highest BCUT2D eigenvalue weighted by Crippen LogP contribution is 2.28. The second-order valence-electron chi connectivity index (χ2n) is 9.03. The molecule has 32 heavy (non-hydrogen) atoms. The van der Waals surface area contributed by atoms with Gasteiger partial charge in [0.1, 0.15) is 0 Å². The van der Waals surface area contributed by atoms with E-state index < -0.39 is 18.2 Å². The Kier molecular flexibility index (Phi) is 6.83. The summed E-state index contributed by atoms with van der Waals surface area (Å²) in [5, 5.41) is 3.83. The number of guanidine groups is 1. The Hall–Kier alpha value is -2.03. The molecule has 2 saturated heterocycles. The first kappa shape index (κ1) is 23.1. The summed E-state index contributed by atoms with van der Waals surface area (Å²) in [6, 6.07) is 4.71. The quantitative estimate of drug-likeness (QED) is 0.701. The van der Waals surface area contributed by atoms with Gasteiger partial charge < -0.3 is 14.7 Å². The van der Waals surface area contributed by atoms with Crippen LogP contribution in [-0.4, -0.2) is 89.5 Å². The molecule has 3 amide bonds. The van der Waals surface area contributed by atoms with Crippen molar-refractivity contribution in [2.24, 2.45) is 10.9 Å². The zero-order chi connectivity index (χ0) is 23.0. The van der Waals surface area contributed by atoms with Crippen LogP contribution in [0.3, 0.4) is 0 Å². The number of carbonyl (C=O) groups excluding carboxylic acids is 2. The van der Waals surface area contributed by atoms with Gasteiger partial charge in [0.15, 0.2) is 18.2 Å². The third kappa shape index (κ3) is 4.54. The van der Waals surface area contributed by atoms with Gasteiger partial charge in [0.25, 0.3) is 5.91 Å². The molecule has 3 heterocycles. The van der Waals surface area contributed by atoms with E-state index >= 15 is 0 Å². The first-order valence-corrected chi connectivity index (χ1v) is 11.8. The molecular formula is C22H30Cl2N6O2. The van der Waals surface area contributed by atoms with Gasteiger partial charge in [-0.05, 0) is 24.5 Å². The maximum atomic E-state index is 12.7. The Morgan fingerprint density at radius 1 is 1.12 bits per heavy atom. The van der Waals surface area contributed by atoms with Gasteiger partial charge in [0, 0.05) is 61.9 Å². The van der Waals surface area contributed by atoms with E-state index in [4.69, 9.17) is 28.2 Å². The Labute approximate surface area is 199 Å². The van der Waals surface area contributed by atoms with Gasteiger partial charge in [0.2, 0.25) is 0 Å².